The first-order chi connectivity index (χ1) is 11.7. The van der Waals surface area contributed by atoms with Crippen LogP contribution in [-0.4, -0.2) is 10.3 Å². The van der Waals surface area contributed by atoms with Crippen molar-refractivity contribution in [2.24, 2.45) is 0 Å². The molecule has 24 heavy (non-hydrogen) atoms. The van der Waals surface area contributed by atoms with Crippen LogP contribution >= 0.6 is 0 Å². The third-order valence-electron chi connectivity index (χ3n) is 3.85. The summed E-state index contributed by atoms with van der Waals surface area (Å²) >= 11 is 0. The molecule has 118 valence electrons. The summed E-state index contributed by atoms with van der Waals surface area (Å²) in [5, 5.41) is 15.7. The first kappa shape index (κ1) is 14.1. The van der Waals surface area contributed by atoms with Gasteiger partial charge in [0.25, 0.3) is 5.56 Å². The van der Waals surface area contributed by atoms with Crippen molar-refractivity contribution in [2.45, 2.75) is 0 Å². The van der Waals surface area contributed by atoms with Crippen LogP contribution in [0.3, 0.4) is 0 Å². The van der Waals surface area contributed by atoms with E-state index in [1.165, 1.54) is 0 Å². The number of phenols is 1. The van der Waals surface area contributed by atoms with Crippen LogP contribution in [-0.2, 0) is 0 Å². The van der Waals surface area contributed by atoms with E-state index in [0.29, 0.717) is 16.7 Å². The van der Waals surface area contributed by atoms with Crippen molar-refractivity contribution < 1.29 is 9.63 Å². The molecule has 0 aliphatic carbocycles. The van der Waals surface area contributed by atoms with E-state index in [2.05, 4.69) is 10.5 Å². The predicted molar refractivity (Wildman–Crippen MR) is 93.7 cm³/mol. The lowest BCUT2D eigenvalue weighted by Gasteiger charge is -2.08. The molecule has 0 fully saturated rings. The Labute approximate surface area is 137 Å². The minimum atomic E-state index is -0.260. The predicted octanol–water partition coefficient (Wildman–Crippen LogP) is 4.24. The maximum atomic E-state index is 11.8. The summed E-state index contributed by atoms with van der Waals surface area (Å²) in [5.41, 5.74) is 3.73. The molecule has 0 bridgehead atoms. The van der Waals surface area contributed by atoms with Crippen molar-refractivity contribution in [1.82, 2.24) is 5.16 Å². The smallest absolute Gasteiger partial charge is 0.289 e. The first-order valence-electron chi connectivity index (χ1n) is 7.47. The first-order valence-corrected chi connectivity index (χ1v) is 7.47. The molecule has 3 aromatic carbocycles. The maximum absolute atomic E-state index is 11.8. The molecule has 5 heteroatoms. The summed E-state index contributed by atoms with van der Waals surface area (Å²) in [6.45, 7) is 0. The molecule has 1 heterocycles. The molecule has 0 radical (unpaired) electrons. The third kappa shape index (κ3) is 2.52. The van der Waals surface area contributed by atoms with Gasteiger partial charge >= 0.3 is 0 Å². The zero-order valence-corrected chi connectivity index (χ0v) is 12.6. The van der Waals surface area contributed by atoms with Crippen molar-refractivity contribution in [3.8, 4) is 16.9 Å². The number of aromatic hydroxyl groups is 1. The second-order valence-electron chi connectivity index (χ2n) is 5.46. The third-order valence-corrected chi connectivity index (χ3v) is 3.85. The molecule has 0 unspecified atom stereocenters. The Balaban J connectivity index is 1.66. The van der Waals surface area contributed by atoms with Crippen LogP contribution in [0.25, 0.3) is 22.1 Å². The molecule has 0 saturated heterocycles. The van der Waals surface area contributed by atoms with Gasteiger partial charge in [0.05, 0.1) is 5.69 Å². The van der Waals surface area contributed by atoms with Crippen molar-refractivity contribution in [3.05, 3.63) is 77.1 Å². The van der Waals surface area contributed by atoms with Crippen LogP contribution in [0.15, 0.2) is 76.0 Å². The highest BCUT2D eigenvalue weighted by Crippen LogP contribution is 2.27. The SMILES string of the molecule is O=c1[nH]oc2cccc(Nc3ccc(-c4cccc(O)c4)cc3)c12. The number of H-pyrrole nitrogens is 1. The topological polar surface area (TPSA) is 78.3 Å². The van der Waals surface area contributed by atoms with Crippen LogP contribution in [0, 0.1) is 0 Å². The fourth-order valence-corrected chi connectivity index (χ4v) is 2.69. The van der Waals surface area contributed by atoms with E-state index in [4.69, 9.17) is 4.52 Å². The highest BCUT2D eigenvalue weighted by molar-refractivity contribution is 5.91. The molecule has 4 aromatic rings. The molecule has 0 atom stereocenters. The Morgan fingerprint density at radius 2 is 1.71 bits per heavy atom. The lowest BCUT2D eigenvalue weighted by atomic mass is 10.1. The summed E-state index contributed by atoms with van der Waals surface area (Å²) in [4.78, 5) is 11.8. The molecule has 0 saturated carbocycles. The molecular weight excluding hydrogens is 304 g/mol. The molecule has 4 rings (SSSR count). The fourth-order valence-electron chi connectivity index (χ4n) is 2.69. The summed E-state index contributed by atoms with van der Waals surface area (Å²) in [7, 11) is 0. The van der Waals surface area contributed by atoms with Crippen LogP contribution < -0.4 is 10.9 Å². The average Bonchev–Trinajstić information content (AvgIpc) is 2.98. The summed E-state index contributed by atoms with van der Waals surface area (Å²) in [5.74, 6) is 0.237. The van der Waals surface area contributed by atoms with Gasteiger partial charge in [-0.15, -0.1) is 0 Å². The Morgan fingerprint density at radius 3 is 2.50 bits per heavy atom. The lowest BCUT2D eigenvalue weighted by molar-refractivity contribution is 0.449. The van der Waals surface area contributed by atoms with Crippen LogP contribution in [0.4, 0.5) is 11.4 Å². The minimum Gasteiger partial charge on any atom is -0.508 e. The number of hydrogen-bond donors (Lipinski definition) is 3. The number of hydrogen-bond acceptors (Lipinski definition) is 4. The average molecular weight is 318 g/mol. The fraction of sp³-hybridized carbons (Fsp3) is 0. The highest BCUT2D eigenvalue weighted by atomic mass is 16.5. The quantitative estimate of drug-likeness (QED) is 0.528. The van der Waals surface area contributed by atoms with Crippen molar-refractivity contribution in [2.75, 3.05) is 5.32 Å². The Morgan fingerprint density at radius 1 is 0.917 bits per heavy atom. The van der Waals surface area contributed by atoms with Crippen LogP contribution in [0.5, 0.6) is 5.75 Å². The number of aromatic amines is 1. The van der Waals surface area contributed by atoms with Gasteiger partial charge in [0.2, 0.25) is 0 Å². The second kappa shape index (κ2) is 5.62. The number of phenolic OH excluding ortho intramolecular Hbond substituents is 1. The molecule has 0 spiro atoms. The van der Waals surface area contributed by atoms with E-state index in [9.17, 15) is 9.90 Å². The van der Waals surface area contributed by atoms with Crippen molar-refractivity contribution in [3.63, 3.8) is 0 Å². The van der Waals surface area contributed by atoms with Crippen LogP contribution in [0.1, 0.15) is 0 Å². The molecule has 0 aliphatic rings. The van der Waals surface area contributed by atoms with E-state index in [1.54, 1.807) is 18.2 Å². The van der Waals surface area contributed by atoms with Crippen LogP contribution in [0.2, 0.25) is 0 Å². The second-order valence-corrected chi connectivity index (χ2v) is 5.46. The van der Waals surface area contributed by atoms with Gasteiger partial charge in [-0.1, -0.05) is 30.3 Å². The molecule has 1 aromatic heterocycles. The van der Waals surface area contributed by atoms with E-state index in [-0.39, 0.29) is 11.3 Å². The summed E-state index contributed by atoms with van der Waals surface area (Å²) in [6, 6.07) is 20.3. The van der Waals surface area contributed by atoms with Gasteiger partial charge in [-0.2, -0.15) is 5.16 Å². The number of benzene rings is 3. The van der Waals surface area contributed by atoms with Gasteiger partial charge < -0.3 is 14.9 Å². The Hall–Kier alpha value is -3.47. The normalized spacial score (nSPS) is 10.8. The Kier molecular flexibility index (Phi) is 3.31. The molecular formula is C19H14N2O3. The summed E-state index contributed by atoms with van der Waals surface area (Å²) < 4.78 is 5.11. The standard InChI is InChI=1S/C19H14N2O3/c22-15-4-1-3-13(11-15)12-7-9-14(10-8-12)20-16-5-2-6-17-18(16)19(23)21-24-17/h1-11,20,22H,(H,21,23). The maximum Gasteiger partial charge on any atom is 0.289 e. The molecule has 3 N–H and O–H groups in total. The Bertz CT molecular complexity index is 1060. The van der Waals surface area contributed by atoms with Crippen molar-refractivity contribution in [1.29, 1.82) is 0 Å². The van der Waals surface area contributed by atoms with Gasteiger partial charge in [-0.05, 0) is 47.5 Å². The van der Waals surface area contributed by atoms with Gasteiger partial charge in [-0.3, -0.25) is 4.79 Å². The minimum absolute atomic E-state index is 0.237. The number of rotatable bonds is 3. The van der Waals surface area contributed by atoms with E-state index >= 15 is 0 Å². The zero-order chi connectivity index (χ0) is 16.5. The largest absolute Gasteiger partial charge is 0.508 e. The van der Waals surface area contributed by atoms with Crippen molar-refractivity contribution >= 4 is 22.3 Å². The number of fused-ring (bicyclic) bond motifs is 1. The van der Waals surface area contributed by atoms with Gasteiger partial charge in [0, 0.05) is 5.69 Å². The number of nitrogens with one attached hydrogen (secondary N) is 2. The molecule has 0 amide bonds. The molecule has 5 nitrogen and oxygen atoms in total. The zero-order valence-electron chi connectivity index (χ0n) is 12.6. The summed E-state index contributed by atoms with van der Waals surface area (Å²) in [6.07, 6.45) is 0. The van der Waals surface area contributed by atoms with Gasteiger partial charge in [0.15, 0.2) is 5.58 Å². The lowest BCUT2D eigenvalue weighted by Crippen LogP contribution is -2.00. The van der Waals surface area contributed by atoms with E-state index < -0.39 is 0 Å². The monoisotopic (exact) mass is 318 g/mol. The molecule has 0 aliphatic heterocycles. The van der Waals surface area contributed by atoms with Gasteiger partial charge in [0.1, 0.15) is 11.1 Å². The number of aromatic nitrogens is 1. The van der Waals surface area contributed by atoms with Gasteiger partial charge in [-0.25, -0.2) is 0 Å². The van der Waals surface area contributed by atoms with E-state index in [1.807, 2.05) is 48.5 Å². The highest BCUT2D eigenvalue weighted by Gasteiger charge is 2.09. The number of anilines is 2. The van der Waals surface area contributed by atoms with E-state index in [0.717, 1.165) is 16.8 Å².